The fourth-order valence-electron chi connectivity index (χ4n) is 0.783. The maximum absolute atomic E-state index is 9.96. The second kappa shape index (κ2) is 4.06. The minimum atomic E-state index is 0.136. The molecule has 0 aliphatic rings. The Hall–Kier alpha value is -1.33. The third kappa shape index (κ3) is 2.07. The number of benzene rings is 1. The summed E-state index contributed by atoms with van der Waals surface area (Å²) in [5.74, 6) is 0. The first-order chi connectivity index (χ1) is 6.19. The Labute approximate surface area is 84.2 Å². The molecule has 0 amide bonds. The molecule has 5 heteroatoms. The largest absolute Gasteiger partial charge is 0.240 e. The van der Waals surface area contributed by atoms with Gasteiger partial charge in [-0.3, -0.25) is 0 Å². The Balaban J connectivity index is 3.41. The number of hydrogen-bond donors (Lipinski definition) is 0. The van der Waals surface area contributed by atoms with Gasteiger partial charge in [-0.05, 0) is 12.1 Å². The summed E-state index contributed by atoms with van der Waals surface area (Å²) < 4.78 is 0. The first-order valence-electron chi connectivity index (χ1n) is 3.16. The summed E-state index contributed by atoms with van der Waals surface area (Å²) >= 11 is 11.4. The van der Waals surface area contributed by atoms with E-state index in [9.17, 15) is 4.79 Å². The average Bonchev–Trinajstić information content (AvgIpc) is 2.11. The van der Waals surface area contributed by atoms with Crippen LogP contribution in [0.5, 0.6) is 0 Å². The van der Waals surface area contributed by atoms with E-state index in [1.165, 1.54) is 18.2 Å². The predicted molar refractivity (Wildman–Crippen MR) is 49.0 cm³/mol. The minimum Gasteiger partial charge on any atom is -0.211 e. The highest BCUT2D eigenvalue weighted by atomic mass is 35.5. The molecule has 64 valence electrons. The molecular formula is C8H2Cl2N2O. The van der Waals surface area contributed by atoms with Crippen LogP contribution in [0.3, 0.4) is 0 Å². The van der Waals surface area contributed by atoms with E-state index in [-0.39, 0.29) is 15.7 Å². The van der Waals surface area contributed by atoms with Gasteiger partial charge < -0.3 is 0 Å². The lowest BCUT2D eigenvalue weighted by atomic mass is 10.2. The zero-order valence-electron chi connectivity index (χ0n) is 6.21. The number of nitrogens with zero attached hydrogens (tertiary/aromatic N) is 2. The molecule has 0 radical (unpaired) electrons. The molecule has 0 N–H and O–H groups in total. The van der Waals surface area contributed by atoms with Crippen molar-refractivity contribution in [1.82, 2.24) is 0 Å². The van der Waals surface area contributed by atoms with Gasteiger partial charge in [0.1, 0.15) is 5.69 Å². The Morgan fingerprint density at radius 2 is 1.85 bits per heavy atom. The number of hydrogen-bond acceptors (Lipinski definition) is 3. The topological polar surface area (TPSA) is 53.2 Å². The Kier molecular flexibility index (Phi) is 3.05. The summed E-state index contributed by atoms with van der Waals surface area (Å²) in [5, 5.41) is 8.85. The third-order valence-corrected chi connectivity index (χ3v) is 1.88. The number of halogens is 2. The van der Waals surface area contributed by atoms with Crippen molar-refractivity contribution in [3.05, 3.63) is 27.7 Å². The predicted octanol–water partition coefficient (Wildman–Crippen LogP) is 2.83. The van der Waals surface area contributed by atoms with Gasteiger partial charge in [0.2, 0.25) is 6.08 Å². The van der Waals surface area contributed by atoms with E-state index >= 15 is 0 Å². The van der Waals surface area contributed by atoms with E-state index < -0.39 is 0 Å². The smallest absolute Gasteiger partial charge is 0.211 e. The molecule has 1 rings (SSSR count). The molecule has 0 aliphatic heterocycles. The maximum Gasteiger partial charge on any atom is 0.240 e. The van der Waals surface area contributed by atoms with E-state index in [4.69, 9.17) is 28.5 Å². The van der Waals surface area contributed by atoms with Crippen molar-refractivity contribution < 1.29 is 4.79 Å². The number of rotatable bonds is 1. The zero-order valence-corrected chi connectivity index (χ0v) is 7.73. The Morgan fingerprint density at radius 1 is 1.31 bits per heavy atom. The van der Waals surface area contributed by atoms with Gasteiger partial charge in [-0.2, -0.15) is 10.3 Å². The van der Waals surface area contributed by atoms with Crippen LogP contribution in [0.15, 0.2) is 17.1 Å². The van der Waals surface area contributed by atoms with Gasteiger partial charge in [0.15, 0.2) is 0 Å². The van der Waals surface area contributed by atoms with Crippen molar-refractivity contribution >= 4 is 35.0 Å². The molecule has 0 atom stereocenters. The standard InChI is InChI=1S/C8H2Cl2N2O/c9-6-1-5(3-11)2-7(10)8(6)12-4-13/h1-2H. The third-order valence-electron chi connectivity index (χ3n) is 1.30. The highest BCUT2D eigenvalue weighted by molar-refractivity contribution is 6.39. The molecular weight excluding hydrogens is 211 g/mol. The minimum absolute atomic E-state index is 0.136. The van der Waals surface area contributed by atoms with Crippen LogP contribution in [0.2, 0.25) is 10.0 Å². The molecule has 3 nitrogen and oxygen atoms in total. The number of nitriles is 1. The Morgan fingerprint density at radius 3 is 2.23 bits per heavy atom. The summed E-state index contributed by atoms with van der Waals surface area (Å²) in [6.07, 6.45) is 1.33. The fraction of sp³-hybridized carbons (Fsp3) is 0. The van der Waals surface area contributed by atoms with Crippen molar-refractivity contribution in [2.24, 2.45) is 4.99 Å². The van der Waals surface area contributed by atoms with Gasteiger partial charge in [0.05, 0.1) is 21.7 Å². The van der Waals surface area contributed by atoms with Crippen molar-refractivity contribution in [2.75, 3.05) is 0 Å². The first-order valence-corrected chi connectivity index (χ1v) is 3.91. The van der Waals surface area contributed by atoms with Gasteiger partial charge in [0.25, 0.3) is 0 Å². The molecule has 0 bridgehead atoms. The highest BCUT2D eigenvalue weighted by Gasteiger charge is 2.06. The monoisotopic (exact) mass is 212 g/mol. The van der Waals surface area contributed by atoms with Crippen LogP contribution < -0.4 is 0 Å². The highest BCUT2D eigenvalue weighted by Crippen LogP contribution is 2.33. The normalized spacial score (nSPS) is 8.69. The van der Waals surface area contributed by atoms with Crippen molar-refractivity contribution in [1.29, 1.82) is 5.26 Å². The van der Waals surface area contributed by atoms with Crippen LogP contribution in [-0.2, 0) is 4.79 Å². The number of carbonyl (C=O) groups excluding carboxylic acids is 1. The molecule has 0 spiro atoms. The van der Waals surface area contributed by atoms with E-state index in [0.29, 0.717) is 5.56 Å². The molecule has 1 aromatic rings. The molecule has 0 fully saturated rings. The molecule has 13 heavy (non-hydrogen) atoms. The van der Waals surface area contributed by atoms with Gasteiger partial charge in [0, 0.05) is 0 Å². The molecule has 0 saturated heterocycles. The van der Waals surface area contributed by atoms with E-state index in [0.717, 1.165) is 0 Å². The Bertz CT molecular complexity index is 407. The van der Waals surface area contributed by atoms with Gasteiger partial charge in [-0.15, -0.1) is 0 Å². The van der Waals surface area contributed by atoms with E-state index in [2.05, 4.69) is 4.99 Å². The molecule has 0 unspecified atom stereocenters. The van der Waals surface area contributed by atoms with E-state index in [1.54, 1.807) is 0 Å². The van der Waals surface area contributed by atoms with Crippen LogP contribution in [0.25, 0.3) is 0 Å². The quantitative estimate of drug-likeness (QED) is 0.531. The van der Waals surface area contributed by atoms with E-state index in [1.807, 2.05) is 6.07 Å². The number of aliphatic imine (C=N–C) groups is 1. The summed E-state index contributed by atoms with van der Waals surface area (Å²) in [5.41, 5.74) is 0.456. The van der Waals surface area contributed by atoms with Crippen molar-refractivity contribution in [3.63, 3.8) is 0 Å². The van der Waals surface area contributed by atoms with Crippen LogP contribution in [-0.4, -0.2) is 6.08 Å². The fourth-order valence-corrected chi connectivity index (χ4v) is 1.35. The maximum atomic E-state index is 9.96. The second-order valence-corrected chi connectivity index (χ2v) is 2.92. The molecule has 0 saturated carbocycles. The second-order valence-electron chi connectivity index (χ2n) is 2.10. The number of isocyanates is 1. The zero-order chi connectivity index (χ0) is 9.84. The summed E-state index contributed by atoms with van der Waals surface area (Å²) in [7, 11) is 0. The van der Waals surface area contributed by atoms with Crippen LogP contribution >= 0.6 is 23.2 Å². The average molecular weight is 213 g/mol. The van der Waals surface area contributed by atoms with Crippen molar-refractivity contribution in [3.8, 4) is 6.07 Å². The van der Waals surface area contributed by atoms with Gasteiger partial charge in [-0.25, -0.2) is 4.79 Å². The summed E-state index contributed by atoms with van der Waals surface area (Å²) in [6.45, 7) is 0. The van der Waals surface area contributed by atoms with Crippen LogP contribution in [0.1, 0.15) is 5.56 Å². The van der Waals surface area contributed by atoms with Crippen LogP contribution in [0, 0.1) is 11.3 Å². The molecule has 0 heterocycles. The summed E-state index contributed by atoms with van der Waals surface area (Å²) in [6, 6.07) is 4.63. The lowest BCUT2D eigenvalue weighted by Crippen LogP contribution is -1.77. The van der Waals surface area contributed by atoms with Gasteiger partial charge >= 0.3 is 0 Å². The molecule has 1 aromatic carbocycles. The lowest BCUT2D eigenvalue weighted by Gasteiger charge is -1.98. The first kappa shape index (κ1) is 9.76. The summed E-state index contributed by atoms with van der Waals surface area (Å²) in [4.78, 5) is 13.3. The van der Waals surface area contributed by atoms with Crippen molar-refractivity contribution in [2.45, 2.75) is 0 Å². The molecule has 0 aliphatic carbocycles. The molecule has 0 aromatic heterocycles. The van der Waals surface area contributed by atoms with Gasteiger partial charge in [-0.1, -0.05) is 23.2 Å². The lowest BCUT2D eigenvalue weighted by molar-refractivity contribution is 0.565. The van der Waals surface area contributed by atoms with Crippen LogP contribution in [0.4, 0.5) is 5.69 Å². The SMILES string of the molecule is N#Cc1cc(Cl)c(N=C=O)c(Cl)c1.